The van der Waals surface area contributed by atoms with E-state index in [0.29, 0.717) is 5.56 Å². The quantitative estimate of drug-likeness (QED) is 0.584. The second kappa shape index (κ2) is 9.15. The van der Waals surface area contributed by atoms with E-state index >= 15 is 0 Å². The summed E-state index contributed by atoms with van der Waals surface area (Å²) < 4.78 is 0. The molecule has 2 rings (SSSR count). The van der Waals surface area contributed by atoms with Crippen molar-refractivity contribution in [2.75, 3.05) is 0 Å². The zero-order valence-electron chi connectivity index (χ0n) is 13.4. The maximum Gasteiger partial charge on any atom is 0.100 e. The Hall–Kier alpha value is -2.95. The third kappa shape index (κ3) is 5.07. The summed E-state index contributed by atoms with van der Waals surface area (Å²) in [5, 5.41) is 9.12. The molecule has 1 nitrogen and oxygen atoms in total. The van der Waals surface area contributed by atoms with Gasteiger partial charge in [-0.2, -0.15) is 5.26 Å². The maximum atomic E-state index is 9.12. The number of hydrogen-bond acceptors (Lipinski definition) is 1. The molecule has 0 aliphatic rings. The van der Waals surface area contributed by atoms with Crippen molar-refractivity contribution >= 4 is 0 Å². The van der Waals surface area contributed by atoms with Crippen molar-refractivity contribution in [1.82, 2.24) is 0 Å². The molecule has 0 saturated heterocycles. The molecule has 0 aliphatic heterocycles. The molecule has 112 valence electrons. The Balaban J connectivity index is 2.22. The lowest BCUT2D eigenvalue weighted by molar-refractivity contribution is 0.737. The smallest absolute Gasteiger partial charge is 0.100 e. The van der Waals surface area contributed by atoms with E-state index in [1.807, 2.05) is 42.5 Å². The number of nitriles is 1. The third-order valence-corrected chi connectivity index (χ3v) is 3.43. The first-order chi connectivity index (χ1) is 11.3. The van der Waals surface area contributed by atoms with Gasteiger partial charge in [0.05, 0.1) is 5.56 Å². The summed E-state index contributed by atoms with van der Waals surface area (Å²) in [7, 11) is 0. The molecule has 0 amide bonds. The highest BCUT2D eigenvalue weighted by Gasteiger charge is 1.97. The van der Waals surface area contributed by atoms with E-state index < -0.39 is 0 Å². The second-order valence-electron chi connectivity index (χ2n) is 5.21. The Morgan fingerprint density at radius 3 is 1.83 bits per heavy atom. The van der Waals surface area contributed by atoms with Gasteiger partial charge in [-0.25, -0.2) is 0 Å². The summed E-state index contributed by atoms with van der Waals surface area (Å²) >= 11 is 0. The molecule has 0 unspecified atom stereocenters. The third-order valence-electron chi connectivity index (χ3n) is 3.43. The Morgan fingerprint density at radius 1 is 0.739 bits per heavy atom. The van der Waals surface area contributed by atoms with E-state index in [-0.39, 0.29) is 0 Å². The highest BCUT2D eigenvalue weighted by atomic mass is 14.2. The summed E-state index contributed by atoms with van der Waals surface area (Å²) in [6.45, 7) is 2.19. The van der Waals surface area contributed by atoms with Crippen LogP contribution in [0.5, 0.6) is 0 Å². The largest absolute Gasteiger partial charge is 0.192 e. The minimum Gasteiger partial charge on any atom is -0.192 e. The summed E-state index contributed by atoms with van der Waals surface area (Å²) in [4.78, 5) is 0. The standard InChI is InChI=1S/C22H19N/c1-2-3-4-5-6-11-19-12-7-8-13-20(19)16-17-21-14-9-10-15-22(21)18-23/h7-10,12-15H,2-5H2,1H3. The fourth-order valence-electron chi connectivity index (χ4n) is 2.15. The lowest BCUT2D eigenvalue weighted by Crippen LogP contribution is -1.85. The number of rotatable bonds is 3. The molecule has 23 heavy (non-hydrogen) atoms. The molecule has 0 saturated carbocycles. The minimum absolute atomic E-state index is 0.600. The topological polar surface area (TPSA) is 23.8 Å². The first-order valence-electron chi connectivity index (χ1n) is 7.94. The zero-order chi connectivity index (χ0) is 16.3. The molecular weight excluding hydrogens is 278 g/mol. The van der Waals surface area contributed by atoms with Crippen LogP contribution in [0, 0.1) is 35.0 Å². The zero-order valence-corrected chi connectivity index (χ0v) is 13.4. The van der Waals surface area contributed by atoms with Crippen LogP contribution in [-0.2, 0) is 0 Å². The SMILES string of the molecule is CCCCCC#Cc1ccccc1C#Cc1ccccc1C#N. The lowest BCUT2D eigenvalue weighted by Gasteiger charge is -1.96. The van der Waals surface area contributed by atoms with Crippen LogP contribution in [0.2, 0.25) is 0 Å². The van der Waals surface area contributed by atoms with Crippen molar-refractivity contribution in [3.63, 3.8) is 0 Å². The van der Waals surface area contributed by atoms with Crippen LogP contribution in [0.15, 0.2) is 48.5 Å². The normalized spacial score (nSPS) is 9.04. The van der Waals surface area contributed by atoms with E-state index in [1.54, 1.807) is 6.07 Å². The van der Waals surface area contributed by atoms with Crippen LogP contribution in [0.1, 0.15) is 54.9 Å². The average molecular weight is 297 g/mol. The van der Waals surface area contributed by atoms with E-state index in [2.05, 4.69) is 36.7 Å². The van der Waals surface area contributed by atoms with Gasteiger partial charge < -0.3 is 0 Å². The molecule has 0 N–H and O–H groups in total. The van der Waals surface area contributed by atoms with Crippen molar-refractivity contribution in [2.45, 2.75) is 32.6 Å². The Morgan fingerprint density at radius 2 is 1.26 bits per heavy atom. The van der Waals surface area contributed by atoms with Crippen molar-refractivity contribution in [2.24, 2.45) is 0 Å². The lowest BCUT2D eigenvalue weighted by atomic mass is 10.1. The van der Waals surface area contributed by atoms with Gasteiger partial charge in [0.1, 0.15) is 6.07 Å². The highest BCUT2D eigenvalue weighted by Crippen LogP contribution is 2.09. The molecule has 0 aromatic heterocycles. The molecule has 0 heterocycles. The number of benzene rings is 2. The van der Waals surface area contributed by atoms with Gasteiger partial charge in [-0.15, -0.1) is 0 Å². The predicted octanol–water partition coefficient (Wildman–Crippen LogP) is 4.89. The van der Waals surface area contributed by atoms with Crippen LogP contribution in [0.25, 0.3) is 0 Å². The average Bonchev–Trinajstić information content (AvgIpc) is 2.61. The Bertz CT molecular complexity index is 817. The van der Waals surface area contributed by atoms with Crippen molar-refractivity contribution in [3.05, 3.63) is 70.8 Å². The molecule has 2 aromatic rings. The molecule has 0 spiro atoms. The van der Waals surface area contributed by atoms with Gasteiger partial charge in [-0.1, -0.05) is 67.7 Å². The minimum atomic E-state index is 0.600. The van der Waals surface area contributed by atoms with Gasteiger partial charge in [0.2, 0.25) is 0 Å². The van der Waals surface area contributed by atoms with Crippen molar-refractivity contribution in [3.8, 4) is 29.8 Å². The summed E-state index contributed by atoms with van der Waals surface area (Å²) in [5.41, 5.74) is 3.21. The van der Waals surface area contributed by atoms with E-state index in [9.17, 15) is 0 Å². The fraction of sp³-hybridized carbons (Fsp3) is 0.227. The van der Waals surface area contributed by atoms with Gasteiger partial charge in [-0.05, 0) is 30.7 Å². The van der Waals surface area contributed by atoms with Crippen LogP contribution < -0.4 is 0 Å². The molecule has 0 fully saturated rings. The summed E-state index contributed by atoms with van der Waals surface area (Å²) in [6.07, 6.45) is 4.50. The molecular formula is C22H19N. The molecule has 0 radical (unpaired) electrons. The maximum absolute atomic E-state index is 9.12. The van der Waals surface area contributed by atoms with Crippen LogP contribution in [0.3, 0.4) is 0 Å². The highest BCUT2D eigenvalue weighted by molar-refractivity contribution is 5.55. The summed E-state index contributed by atoms with van der Waals surface area (Å²) in [5.74, 6) is 12.7. The molecule has 0 bridgehead atoms. The van der Waals surface area contributed by atoms with E-state index in [0.717, 1.165) is 29.5 Å². The second-order valence-corrected chi connectivity index (χ2v) is 5.21. The number of hydrogen-bond donors (Lipinski definition) is 0. The van der Waals surface area contributed by atoms with Gasteiger partial charge >= 0.3 is 0 Å². The van der Waals surface area contributed by atoms with Gasteiger partial charge in [0, 0.05) is 23.1 Å². The monoisotopic (exact) mass is 297 g/mol. The van der Waals surface area contributed by atoms with Gasteiger partial charge in [0.25, 0.3) is 0 Å². The van der Waals surface area contributed by atoms with E-state index in [4.69, 9.17) is 5.26 Å². The van der Waals surface area contributed by atoms with Crippen LogP contribution >= 0.6 is 0 Å². The van der Waals surface area contributed by atoms with Crippen molar-refractivity contribution in [1.29, 1.82) is 5.26 Å². The number of unbranched alkanes of at least 4 members (excludes halogenated alkanes) is 3. The molecule has 2 aromatic carbocycles. The van der Waals surface area contributed by atoms with Crippen LogP contribution in [-0.4, -0.2) is 0 Å². The van der Waals surface area contributed by atoms with Crippen molar-refractivity contribution < 1.29 is 0 Å². The first kappa shape index (κ1) is 16.4. The molecule has 0 atom stereocenters. The van der Waals surface area contributed by atoms with Gasteiger partial charge in [0.15, 0.2) is 0 Å². The summed E-state index contributed by atoms with van der Waals surface area (Å²) in [6, 6.07) is 17.5. The Kier molecular flexibility index (Phi) is 6.53. The number of nitrogens with zero attached hydrogens (tertiary/aromatic N) is 1. The first-order valence-corrected chi connectivity index (χ1v) is 7.94. The van der Waals surface area contributed by atoms with Crippen LogP contribution in [0.4, 0.5) is 0 Å². The fourth-order valence-corrected chi connectivity index (χ4v) is 2.15. The predicted molar refractivity (Wildman–Crippen MR) is 94.6 cm³/mol. The Labute approximate surface area is 139 Å². The molecule has 1 heteroatoms. The molecule has 0 aliphatic carbocycles. The van der Waals surface area contributed by atoms with Gasteiger partial charge in [-0.3, -0.25) is 0 Å². The van der Waals surface area contributed by atoms with E-state index in [1.165, 1.54) is 12.8 Å².